The molecule has 0 amide bonds. The van der Waals surface area contributed by atoms with Crippen molar-refractivity contribution in [3.8, 4) is 5.75 Å². The highest BCUT2D eigenvalue weighted by Crippen LogP contribution is 2.35. The Morgan fingerprint density at radius 1 is 1.60 bits per heavy atom. The molecule has 0 aliphatic carbocycles. The maximum absolute atomic E-state index is 13.3. The second-order valence-corrected chi connectivity index (χ2v) is 4.17. The summed E-state index contributed by atoms with van der Waals surface area (Å²) in [5, 5.41) is 0. The van der Waals surface area contributed by atoms with Crippen LogP contribution in [0.4, 0.5) is 4.39 Å². The van der Waals surface area contributed by atoms with Gasteiger partial charge < -0.3 is 9.57 Å². The Bertz CT molecular complexity index is 373. The van der Waals surface area contributed by atoms with Crippen LogP contribution in [-0.2, 0) is 4.84 Å². The van der Waals surface area contributed by atoms with Crippen molar-refractivity contribution >= 4 is 15.9 Å². The summed E-state index contributed by atoms with van der Waals surface area (Å²) in [5.74, 6) is 0.409. The molecule has 82 valence electrons. The topological polar surface area (TPSA) is 30.5 Å². The summed E-state index contributed by atoms with van der Waals surface area (Å²) >= 11 is 3.13. The van der Waals surface area contributed by atoms with Crippen LogP contribution in [0.25, 0.3) is 0 Å². The van der Waals surface area contributed by atoms with E-state index in [-0.39, 0.29) is 11.9 Å². The van der Waals surface area contributed by atoms with Crippen LogP contribution in [0.1, 0.15) is 18.0 Å². The third kappa shape index (κ3) is 2.14. The van der Waals surface area contributed by atoms with Crippen molar-refractivity contribution in [1.82, 2.24) is 5.48 Å². The number of hydrogen-bond acceptors (Lipinski definition) is 3. The van der Waals surface area contributed by atoms with Gasteiger partial charge in [-0.05, 0) is 28.1 Å². The zero-order valence-corrected chi connectivity index (χ0v) is 9.80. The predicted octanol–water partition coefficient (Wildman–Crippen LogP) is 2.56. The third-order valence-electron chi connectivity index (χ3n) is 2.35. The van der Waals surface area contributed by atoms with Gasteiger partial charge in [0, 0.05) is 12.0 Å². The van der Waals surface area contributed by atoms with Gasteiger partial charge in [0.1, 0.15) is 11.6 Å². The summed E-state index contributed by atoms with van der Waals surface area (Å²) in [7, 11) is 1.55. The second kappa shape index (κ2) is 4.47. The maximum Gasteiger partial charge on any atom is 0.137 e. The fourth-order valence-corrected chi connectivity index (χ4v) is 1.97. The van der Waals surface area contributed by atoms with E-state index < -0.39 is 0 Å². The lowest BCUT2D eigenvalue weighted by Crippen LogP contribution is -2.26. The highest BCUT2D eigenvalue weighted by atomic mass is 79.9. The van der Waals surface area contributed by atoms with Crippen LogP contribution in [0.5, 0.6) is 5.75 Å². The van der Waals surface area contributed by atoms with Crippen molar-refractivity contribution in [3.05, 3.63) is 28.0 Å². The largest absolute Gasteiger partial charge is 0.493 e. The van der Waals surface area contributed by atoms with Crippen LogP contribution in [0.2, 0.25) is 0 Å². The number of hydrogen-bond donors (Lipinski definition) is 1. The number of nitrogens with one attached hydrogen (secondary N) is 1. The quantitative estimate of drug-likeness (QED) is 0.842. The van der Waals surface area contributed by atoms with Crippen molar-refractivity contribution in [2.75, 3.05) is 13.7 Å². The van der Waals surface area contributed by atoms with Gasteiger partial charge in [-0.1, -0.05) is 0 Å². The first kappa shape index (κ1) is 10.9. The summed E-state index contributed by atoms with van der Waals surface area (Å²) in [4.78, 5) is 4.87. The molecule has 0 radical (unpaired) electrons. The normalized spacial score (nSPS) is 19.5. The lowest BCUT2D eigenvalue weighted by Gasteiger charge is -2.26. The molecular formula is C10H11BrFNO2. The molecule has 1 unspecified atom stereocenters. The van der Waals surface area contributed by atoms with Gasteiger partial charge in [-0.3, -0.25) is 0 Å². The Kier molecular flexibility index (Phi) is 3.23. The fourth-order valence-electron chi connectivity index (χ4n) is 1.65. The Morgan fingerprint density at radius 3 is 3.13 bits per heavy atom. The molecule has 1 aromatic carbocycles. The maximum atomic E-state index is 13.3. The first-order chi connectivity index (χ1) is 7.22. The molecule has 1 aromatic rings. The molecule has 2 rings (SSSR count). The van der Waals surface area contributed by atoms with E-state index in [1.807, 2.05) is 0 Å². The van der Waals surface area contributed by atoms with Crippen molar-refractivity contribution in [1.29, 1.82) is 0 Å². The van der Waals surface area contributed by atoms with Gasteiger partial charge in [-0.25, -0.2) is 4.39 Å². The Balaban J connectivity index is 2.38. The van der Waals surface area contributed by atoms with Crippen LogP contribution in [0, 0.1) is 5.82 Å². The molecule has 1 aliphatic rings. The van der Waals surface area contributed by atoms with E-state index in [0.717, 1.165) is 12.0 Å². The minimum Gasteiger partial charge on any atom is -0.493 e. The van der Waals surface area contributed by atoms with Gasteiger partial charge in [0.25, 0.3) is 0 Å². The van der Waals surface area contributed by atoms with Crippen LogP contribution < -0.4 is 10.2 Å². The van der Waals surface area contributed by atoms with E-state index in [0.29, 0.717) is 16.8 Å². The summed E-state index contributed by atoms with van der Waals surface area (Å²) in [5.41, 5.74) is 3.62. The highest BCUT2D eigenvalue weighted by molar-refractivity contribution is 9.10. The van der Waals surface area contributed by atoms with Gasteiger partial charge in [0.15, 0.2) is 0 Å². The zero-order valence-electron chi connectivity index (χ0n) is 8.22. The number of hydroxylamine groups is 1. The molecule has 1 N–H and O–H groups in total. The average Bonchev–Trinajstić information content (AvgIpc) is 2.21. The van der Waals surface area contributed by atoms with E-state index >= 15 is 0 Å². The van der Waals surface area contributed by atoms with Crippen molar-refractivity contribution in [3.63, 3.8) is 0 Å². The molecule has 0 aromatic heterocycles. The molecule has 15 heavy (non-hydrogen) atoms. The molecule has 0 fully saturated rings. The Labute approximate surface area is 95.6 Å². The highest BCUT2D eigenvalue weighted by Gasteiger charge is 2.23. The predicted molar refractivity (Wildman–Crippen MR) is 57.1 cm³/mol. The lowest BCUT2D eigenvalue weighted by atomic mass is 10.0. The van der Waals surface area contributed by atoms with Crippen LogP contribution >= 0.6 is 15.9 Å². The summed E-state index contributed by atoms with van der Waals surface area (Å²) in [6.45, 7) is 0.603. The molecule has 5 heteroatoms. The van der Waals surface area contributed by atoms with Crippen molar-refractivity contribution < 1.29 is 14.0 Å². The molecule has 0 saturated carbocycles. The molecule has 1 aliphatic heterocycles. The molecular weight excluding hydrogens is 265 g/mol. The SMILES string of the molecule is CONC1CCOc2cc(Br)c(F)cc21. The summed E-state index contributed by atoms with van der Waals surface area (Å²) in [6.07, 6.45) is 0.766. The molecule has 0 spiro atoms. The average molecular weight is 276 g/mol. The van der Waals surface area contributed by atoms with Gasteiger partial charge >= 0.3 is 0 Å². The van der Waals surface area contributed by atoms with E-state index in [1.165, 1.54) is 6.07 Å². The van der Waals surface area contributed by atoms with Crippen LogP contribution in [0.15, 0.2) is 16.6 Å². The minimum atomic E-state index is -0.290. The molecule has 1 heterocycles. The van der Waals surface area contributed by atoms with E-state index in [9.17, 15) is 4.39 Å². The summed E-state index contributed by atoms with van der Waals surface area (Å²) < 4.78 is 19.2. The van der Waals surface area contributed by atoms with Gasteiger partial charge in [-0.15, -0.1) is 0 Å². The number of benzene rings is 1. The van der Waals surface area contributed by atoms with Gasteiger partial charge in [-0.2, -0.15) is 5.48 Å². The molecule has 3 nitrogen and oxygen atoms in total. The van der Waals surface area contributed by atoms with Gasteiger partial charge in [0.2, 0.25) is 0 Å². The Morgan fingerprint density at radius 2 is 2.40 bits per heavy atom. The number of ether oxygens (including phenoxy) is 1. The van der Waals surface area contributed by atoms with E-state index in [4.69, 9.17) is 9.57 Å². The molecule has 0 saturated heterocycles. The van der Waals surface area contributed by atoms with E-state index in [1.54, 1.807) is 13.2 Å². The van der Waals surface area contributed by atoms with Gasteiger partial charge in [0.05, 0.1) is 24.2 Å². The standard InChI is InChI=1S/C10H11BrFNO2/c1-14-13-9-2-3-15-10-5-7(11)8(12)4-6(9)10/h4-5,9,13H,2-3H2,1H3. The van der Waals surface area contributed by atoms with Crippen molar-refractivity contribution in [2.24, 2.45) is 0 Å². The third-order valence-corrected chi connectivity index (χ3v) is 2.96. The lowest BCUT2D eigenvalue weighted by molar-refractivity contribution is 0.0461. The number of rotatable bonds is 2. The summed E-state index contributed by atoms with van der Waals surface area (Å²) in [6, 6.07) is 3.10. The van der Waals surface area contributed by atoms with E-state index in [2.05, 4.69) is 21.4 Å². The zero-order chi connectivity index (χ0) is 10.8. The fraction of sp³-hybridized carbons (Fsp3) is 0.400. The monoisotopic (exact) mass is 275 g/mol. The smallest absolute Gasteiger partial charge is 0.137 e. The first-order valence-electron chi connectivity index (χ1n) is 4.62. The molecule has 0 bridgehead atoms. The number of halogens is 2. The minimum absolute atomic E-state index is 0.0126. The van der Waals surface area contributed by atoms with Crippen LogP contribution in [-0.4, -0.2) is 13.7 Å². The van der Waals surface area contributed by atoms with Crippen molar-refractivity contribution in [2.45, 2.75) is 12.5 Å². The van der Waals surface area contributed by atoms with Crippen LogP contribution in [0.3, 0.4) is 0 Å². The second-order valence-electron chi connectivity index (χ2n) is 3.32. The molecule has 1 atom stereocenters. The Hall–Kier alpha value is -0.650. The first-order valence-corrected chi connectivity index (χ1v) is 5.42. The number of fused-ring (bicyclic) bond motifs is 1.